The summed E-state index contributed by atoms with van der Waals surface area (Å²) < 4.78 is 51.0. The monoisotopic (exact) mass is 1830 g/mol. The number of ether oxygens (including phenoxy) is 8. The number of hydrogen-bond donors (Lipinski definition) is 21. The summed E-state index contributed by atoms with van der Waals surface area (Å²) >= 11 is 14.5. The number of aliphatic hydroxyl groups is 6. The molecule has 40 heteroatoms. The molecule has 6 aromatic rings. The lowest BCUT2D eigenvalue weighted by Gasteiger charge is -2.54. The Morgan fingerprint density at radius 2 is 1.26 bits per heavy atom. The van der Waals surface area contributed by atoms with E-state index >= 15 is 28.8 Å². The average molecular weight is 1830 g/mol. The normalized spacial score (nSPS) is 29.7. The summed E-state index contributed by atoms with van der Waals surface area (Å²) in [6.45, 7) is 6.35. The zero-order valence-corrected chi connectivity index (χ0v) is 72.6. The van der Waals surface area contributed by atoms with Gasteiger partial charge in [-0.05, 0) is 216 Å². The van der Waals surface area contributed by atoms with Crippen LogP contribution in [0.5, 0.6) is 57.5 Å². The van der Waals surface area contributed by atoms with Crippen LogP contribution in [0.3, 0.4) is 0 Å². The van der Waals surface area contributed by atoms with E-state index in [1.807, 2.05) is 13.8 Å². The first-order valence-corrected chi connectivity index (χ1v) is 43.6. The van der Waals surface area contributed by atoms with E-state index in [0.29, 0.717) is 24.7 Å². The molecule has 0 unspecified atom stereocenters. The van der Waals surface area contributed by atoms with Crippen molar-refractivity contribution in [3.8, 4) is 68.6 Å². The molecule has 17 rings (SSSR count). The second-order valence-corrected chi connectivity index (χ2v) is 35.7. The maximum Gasteiger partial charge on any atom is 0.257 e. The SMILES string of the molecule is CN[C@H](CC(C)C)C(=O)N[C@H]1C(=O)N[C@@H](CC(=O)NC(=O)c2ccc(OCCCN)c(OCCCN)c2)C(=O)N[C@H]2C(=O)N[C@H]3C(=O)N[C@H](C(=O)N[C@H](C(=O)NC4C5CC6CC(C5)CC4C6)c4cc(O)cc(O)c4-c4cc3ccc4O)[C@H](O)c3ccc(c(Cl)c3)Oc3cc2cc(c3O[C@@H]2O[C@H](CO)[C@@H](O)[C@H](O)[C@H]2O[C@H]2C[C@](C)(N)[C@H](O)[C@H](C)O2)Oc2ccc(cc2Cl)[C@H]1O. The van der Waals surface area contributed by atoms with Gasteiger partial charge >= 0.3 is 0 Å². The van der Waals surface area contributed by atoms with Crippen molar-refractivity contribution >= 4 is 76.4 Å². The van der Waals surface area contributed by atoms with E-state index in [4.69, 9.17) is 78.3 Å². The van der Waals surface area contributed by atoms with Crippen LogP contribution in [0.15, 0.2) is 97.1 Å². The highest BCUT2D eigenvalue weighted by Crippen LogP contribution is 2.55. The van der Waals surface area contributed by atoms with Gasteiger partial charge < -0.3 is 144 Å². The van der Waals surface area contributed by atoms with Crippen molar-refractivity contribution in [1.82, 2.24) is 47.9 Å². The Kier molecular flexibility index (Phi) is 29.2. The highest BCUT2D eigenvalue weighted by Gasteiger charge is 2.53. The molecule has 7 aliphatic heterocycles. The standard InChI is InChI=1S/C89H108Cl2N12O26/c1-37(2)20-53(95-5)81(115)102-71-73(109)42-9-13-57(51(90)27-42)125-61-30-47-31-62(77(61)129-88-78(76(112)75(111)63(36-104)127-88)128-65-35-89(4,94)79(113)38(3)124-65)126-58-14-10-43(28-52(58)91)74(110)72-87(121)101-70(85(119)98-67-45-22-39-21-40(24-45)25-46(67)23-39)50-32-48(105)33-56(107)66(50)49-26-41(8-12-55(49)106)68(83(117)103-72)100-84(118)69(47)99-82(116)54(96-86(71)120)34-64(108)97-80(114)44-11-15-59(122-18-6-16-92)60(29-44)123-19-7-17-93/h8-15,26-33,37-40,45-46,53-54,63,65,67-76,78-79,88,95,104-107,109-113H,6-7,16-25,34-36,92-94H2,1-5H3,(H,96,120)(H,98,119)(H,99,116)(H,100,118)(H,101,121)(H,102,115)(H,103,117)(H,97,108,114)/t38-,39?,40?,45?,46?,53+,54-,63+,65-,67?,68+,69+,70-,71+,72-,73+,74+,75+,76-,78+,79+,88-,89-/m0/s1. The molecule has 18 atom stereocenters. The summed E-state index contributed by atoms with van der Waals surface area (Å²) in [5.74, 6) is -14.9. The van der Waals surface area contributed by atoms with Gasteiger partial charge in [0.2, 0.25) is 59.3 Å². The number of carbonyl (C=O) groups excluding carboxylic acids is 9. The number of benzene rings is 6. The molecule has 6 aromatic carbocycles. The zero-order chi connectivity index (χ0) is 92.5. The Morgan fingerprint density at radius 1 is 0.643 bits per heavy atom. The third-order valence-electron chi connectivity index (χ3n) is 25.0. The van der Waals surface area contributed by atoms with Crippen LogP contribution in [0, 0.1) is 29.6 Å². The van der Waals surface area contributed by atoms with Crippen LogP contribution in [0.4, 0.5) is 0 Å². The Hall–Kier alpha value is -10.8. The Labute approximate surface area is 750 Å². The smallest absolute Gasteiger partial charge is 0.257 e. The second kappa shape index (κ2) is 39.9. The van der Waals surface area contributed by atoms with Gasteiger partial charge in [-0.2, -0.15) is 0 Å². The average Bonchev–Trinajstić information content (AvgIpc) is 0.757. The first-order valence-electron chi connectivity index (χ1n) is 42.9. The van der Waals surface area contributed by atoms with Gasteiger partial charge in [-0.3, -0.25) is 48.5 Å². The number of aromatic hydroxyl groups is 3. The molecule has 694 valence electrons. The van der Waals surface area contributed by atoms with Gasteiger partial charge in [0, 0.05) is 40.8 Å². The minimum absolute atomic E-state index is 0.0462. The van der Waals surface area contributed by atoms with Crippen molar-refractivity contribution in [3.05, 3.63) is 140 Å². The van der Waals surface area contributed by atoms with E-state index in [-0.39, 0.29) is 113 Å². The van der Waals surface area contributed by atoms with E-state index in [2.05, 4.69) is 47.9 Å². The van der Waals surface area contributed by atoms with Crippen LogP contribution in [0.2, 0.25) is 10.0 Å². The number of hydrogen-bond acceptors (Lipinski definition) is 30. The van der Waals surface area contributed by atoms with Crippen LogP contribution < -0.4 is 88.7 Å². The van der Waals surface area contributed by atoms with Crippen molar-refractivity contribution in [2.75, 3.05) is 40.0 Å². The first kappa shape index (κ1) is 94.3. The van der Waals surface area contributed by atoms with E-state index in [1.165, 1.54) is 63.4 Å². The van der Waals surface area contributed by atoms with Crippen LogP contribution >= 0.6 is 23.2 Å². The van der Waals surface area contributed by atoms with Gasteiger partial charge in [-0.15, -0.1) is 0 Å². The molecule has 38 nitrogen and oxygen atoms in total. The van der Waals surface area contributed by atoms with Gasteiger partial charge in [0.05, 0.1) is 54.5 Å². The highest BCUT2D eigenvalue weighted by molar-refractivity contribution is 6.32. The summed E-state index contributed by atoms with van der Waals surface area (Å²) in [6, 6.07) is 3.52. The van der Waals surface area contributed by atoms with Crippen LogP contribution in [0.25, 0.3) is 11.1 Å². The number of imide groups is 1. The summed E-state index contributed by atoms with van der Waals surface area (Å²) in [5, 5.41) is 130. The minimum Gasteiger partial charge on any atom is -0.508 e. The summed E-state index contributed by atoms with van der Waals surface area (Å²) in [5.41, 5.74) is 14.1. The number of carbonyl (C=O) groups is 9. The van der Waals surface area contributed by atoms with E-state index in [9.17, 15) is 60.3 Å². The minimum atomic E-state index is -2.45. The zero-order valence-electron chi connectivity index (χ0n) is 71.1. The van der Waals surface area contributed by atoms with Gasteiger partial charge in [-0.25, -0.2) is 0 Å². The summed E-state index contributed by atoms with van der Waals surface area (Å²) in [7, 11) is 1.47. The highest BCUT2D eigenvalue weighted by atomic mass is 35.5. The molecule has 4 saturated carbocycles. The summed E-state index contributed by atoms with van der Waals surface area (Å²) in [4.78, 5) is 140. The molecule has 0 radical (unpaired) electrons. The number of nitrogens with two attached hydrogens (primary N) is 3. The first-order chi connectivity index (χ1) is 61.5. The molecular formula is C89H108Cl2N12O26. The van der Waals surface area contributed by atoms with Crippen molar-refractivity contribution in [3.63, 3.8) is 0 Å². The lowest BCUT2D eigenvalue weighted by atomic mass is 9.54. The fourth-order valence-electron chi connectivity index (χ4n) is 18.6. The van der Waals surface area contributed by atoms with E-state index in [0.717, 1.165) is 86.7 Å². The van der Waals surface area contributed by atoms with Crippen LogP contribution in [-0.4, -0.2) is 224 Å². The molecule has 129 heavy (non-hydrogen) atoms. The van der Waals surface area contributed by atoms with Crippen LogP contribution in [0.1, 0.15) is 160 Å². The molecule has 0 spiro atoms. The van der Waals surface area contributed by atoms with Gasteiger partial charge in [0.15, 0.2) is 35.4 Å². The lowest BCUT2D eigenvalue weighted by Crippen LogP contribution is -2.64. The predicted molar refractivity (Wildman–Crippen MR) is 459 cm³/mol. The molecule has 6 fully saturated rings. The van der Waals surface area contributed by atoms with E-state index < -0.39 is 237 Å². The Morgan fingerprint density at radius 3 is 1.87 bits per heavy atom. The van der Waals surface area contributed by atoms with Crippen LogP contribution in [-0.2, 0) is 52.6 Å². The maximum absolute atomic E-state index is 16.7. The fourth-order valence-corrected chi connectivity index (χ4v) is 19.0. The second-order valence-electron chi connectivity index (χ2n) is 34.9. The number of halogens is 2. The molecule has 7 heterocycles. The van der Waals surface area contributed by atoms with Crippen molar-refractivity contribution < 1.29 is 127 Å². The number of phenols is 3. The number of rotatable bonds is 23. The molecule has 4 aliphatic carbocycles. The van der Waals surface area contributed by atoms with E-state index in [1.54, 1.807) is 0 Å². The Balaban J connectivity index is 0.962. The van der Waals surface area contributed by atoms with Gasteiger partial charge in [-0.1, -0.05) is 55.2 Å². The topological polar surface area (TPSA) is 596 Å². The van der Waals surface area contributed by atoms with Gasteiger partial charge in [0.25, 0.3) is 5.91 Å². The van der Waals surface area contributed by atoms with Crippen molar-refractivity contribution in [2.45, 2.75) is 207 Å². The molecule has 2 saturated heterocycles. The van der Waals surface area contributed by atoms with Gasteiger partial charge in [0.1, 0.15) is 95.5 Å². The molecule has 11 aliphatic rings. The lowest BCUT2D eigenvalue weighted by molar-refractivity contribution is -0.333. The molecular weight excluding hydrogens is 1720 g/mol. The number of phenolic OH excluding ortho intramolecular Hbond substituents is 3. The van der Waals surface area contributed by atoms with Crippen molar-refractivity contribution in [1.29, 1.82) is 0 Å². The number of nitrogens with one attached hydrogen (secondary N) is 9. The molecule has 24 N–H and O–H groups in total. The third-order valence-corrected chi connectivity index (χ3v) is 25.6. The summed E-state index contributed by atoms with van der Waals surface area (Å²) in [6.07, 6.45) is -14.0. The molecule has 9 amide bonds. The van der Waals surface area contributed by atoms with Crippen molar-refractivity contribution in [2.24, 2.45) is 46.8 Å². The molecule has 15 bridgehead atoms. The largest absolute Gasteiger partial charge is 0.508 e. The quantitative estimate of drug-likeness (QED) is 0.0410. The number of likely N-dealkylation sites (N-methyl/N-ethyl adjacent to an activating group) is 1. The number of fused-ring (bicyclic) bond motifs is 15. The maximum atomic E-state index is 16.7. The number of amides is 9. The molecule has 0 aromatic heterocycles. The predicted octanol–water partition coefficient (Wildman–Crippen LogP) is 2.89. The Bertz CT molecular complexity index is 5220. The number of aliphatic hydroxyl groups excluding tert-OH is 6. The fraction of sp³-hybridized carbons (Fsp3) is 0.494. The third kappa shape index (κ3) is 20.7.